The fraction of sp³-hybridized carbons (Fsp3) is 0.300. The number of ether oxygens (including phenoxy) is 2. The molecule has 6 heteroatoms. The molecule has 0 bridgehead atoms. The monoisotopic (exact) mass is 356 g/mol. The molecule has 0 fully saturated rings. The molecule has 6 nitrogen and oxygen atoms in total. The SMILES string of the molecule is COc1ccc(C)cc1C(=O)NNC(=O)[C@@H](C)Oc1cccc(C)c1C. The van der Waals surface area contributed by atoms with Gasteiger partial charge in [0.15, 0.2) is 6.10 Å². The molecule has 2 rings (SSSR count). The third-order valence-corrected chi connectivity index (χ3v) is 4.13. The zero-order chi connectivity index (χ0) is 19.3. The van der Waals surface area contributed by atoms with Crippen LogP contribution in [0.4, 0.5) is 0 Å². The van der Waals surface area contributed by atoms with E-state index in [-0.39, 0.29) is 0 Å². The van der Waals surface area contributed by atoms with Crippen molar-refractivity contribution in [3.63, 3.8) is 0 Å². The standard InChI is InChI=1S/C20H24N2O4/c1-12-9-10-18(25-5)16(11-12)20(24)22-21-19(23)15(4)26-17-8-6-7-13(2)14(17)3/h6-11,15H,1-5H3,(H,21,23)(H,22,24)/t15-/m1/s1. The number of amides is 2. The van der Waals surface area contributed by atoms with E-state index in [1.165, 1.54) is 7.11 Å². The van der Waals surface area contributed by atoms with Crippen molar-refractivity contribution >= 4 is 11.8 Å². The smallest absolute Gasteiger partial charge is 0.279 e. The molecule has 0 heterocycles. The molecule has 2 N–H and O–H groups in total. The summed E-state index contributed by atoms with van der Waals surface area (Å²) in [5, 5.41) is 0. The zero-order valence-corrected chi connectivity index (χ0v) is 15.7. The normalized spacial score (nSPS) is 11.4. The highest BCUT2D eigenvalue weighted by Gasteiger charge is 2.18. The molecule has 0 aliphatic rings. The van der Waals surface area contributed by atoms with E-state index in [0.717, 1.165) is 16.7 Å². The van der Waals surface area contributed by atoms with Gasteiger partial charge in [0, 0.05) is 0 Å². The van der Waals surface area contributed by atoms with Gasteiger partial charge in [-0.15, -0.1) is 0 Å². The van der Waals surface area contributed by atoms with Crippen LogP contribution in [0, 0.1) is 20.8 Å². The van der Waals surface area contributed by atoms with Crippen molar-refractivity contribution in [1.29, 1.82) is 0 Å². The van der Waals surface area contributed by atoms with Gasteiger partial charge < -0.3 is 9.47 Å². The lowest BCUT2D eigenvalue weighted by molar-refractivity contribution is -0.128. The highest BCUT2D eigenvalue weighted by Crippen LogP contribution is 2.22. The average Bonchev–Trinajstić information content (AvgIpc) is 2.63. The minimum atomic E-state index is -0.768. The van der Waals surface area contributed by atoms with Crippen LogP contribution in [0.1, 0.15) is 34.0 Å². The van der Waals surface area contributed by atoms with Crippen molar-refractivity contribution in [2.45, 2.75) is 33.8 Å². The van der Waals surface area contributed by atoms with Crippen LogP contribution in [-0.2, 0) is 4.79 Å². The molecule has 1 atom stereocenters. The van der Waals surface area contributed by atoms with Gasteiger partial charge in [-0.25, -0.2) is 0 Å². The Kier molecular flexibility index (Phi) is 6.22. The molecule has 0 spiro atoms. The summed E-state index contributed by atoms with van der Waals surface area (Å²) >= 11 is 0. The summed E-state index contributed by atoms with van der Waals surface area (Å²) in [4.78, 5) is 24.5. The molecule has 0 aliphatic carbocycles. The molecule has 0 unspecified atom stereocenters. The van der Waals surface area contributed by atoms with E-state index >= 15 is 0 Å². The number of aryl methyl sites for hydroxylation is 2. The van der Waals surface area contributed by atoms with Crippen molar-refractivity contribution in [1.82, 2.24) is 10.9 Å². The Hall–Kier alpha value is -3.02. The van der Waals surface area contributed by atoms with Gasteiger partial charge in [-0.3, -0.25) is 20.4 Å². The van der Waals surface area contributed by atoms with Crippen LogP contribution >= 0.6 is 0 Å². The van der Waals surface area contributed by atoms with Gasteiger partial charge >= 0.3 is 0 Å². The molecule has 0 aromatic heterocycles. The maximum atomic E-state index is 12.3. The first-order chi connectivity index (χ1) is 12.3. The first kappa shape index (κ1) is 19.3. The van der Waals surface area contributed by atoms with Crippen molar-refractivity contribution in [3.05, 3.63) is 58.7 Å². The Morgan fingerprint density at radius 3 is 2.42 bits per heavy atom. The number of rotatable bonds is 5. The molecule has 2 aromatic carbocycles. The third-order valence-electron chi connectivity index (χ3n) is 4.13. The number of nitrogens with one attached hydrogen (secondary N) is 2. The molecule has 26 heavy (non-hydrogen) atoms. The number of hydrogen-bond acceptors (Lipinski definition) is 4. The summed E-state index contributed by atoms with van der Waals surface area (Å²) < 4.78 is 10.9. The predicted octanol–water partition coefficient (Wildman–Crippen LogP) is 2.85. The van der Waals surface area contributed by atoms with Crippen LogP contribution < -0.4 is 20.3 Å². The number of hydrazine groups is 1. The molecule has 0 radical (unpaired) electrons. The van der Waals surface area contributed by atoms with Crippen molar-refractivity contribution < 1.29 is 19.1 Å². The number of hydrogen-bond donors (Lipinski definition) is 2. The van der Waals surface area contributed by atoms with Crippen LogP contribution in [0.3, 0.4) is 0 Å². The van der Waals surface area contributed by atoms with E-state index in [4.69, 9.17) is 9.47 Å². The Labute approximate surface area is 153 Å². The van der Waals surface area contributed by atoms with Gasteiger partial charge in [0.25, 0.3) is 11.8 Å². The Balaban J connectivity index is 1.98. The second-order valence-corrected chi connectivity index (χ2v) is 6.11. The third kappa shape index (κ3) is 4.53. The lowest BCUT2D eigenvalue weighted by Gasteiger charge is -2.17. The van der Waals surface area contributed by atoms with E-state index in [0.29, 0.717) is 17.1 Å². The molecular formula is C20H24N2O4. The Morgan fingerprint density at radius 2 is 1.73 bits per heavy atom. The summed E-state index contributed by atoms with van der Waals surface area (Å²) in [5.74, 6) is 0.157. The second kappa shape index (κ2) is 8.38. The van der Waals surface area contributed by atoms with Gasteiger partial charge in [-0.1, -0.05) is 23.8 Å². The summed E-state index contributed by atoms with van der Waals surface area (Å²) in [6.07, 6.45) is -0.768. The average molecular weight is 356 g/mol. The van der Waals surface area contributed by atoms with Gasteiger partial charge in [0.2, 0.25) is 0 Å². The molecule has 138 valence electrons. The quantitative estimate of drug-likeness (QED) is 0.808. The summed E-state index contributed by atoms with van der Waals surface area (Å²) in [5.41, 5.74) is 8.09. The van der Waals surface area contributed by atoms with Gasteiger partial charge in [-0.05, 0) is 57.0 Å². The molecular weight excluding hydrogens is 332 g/mol. The van der Waals surface area contributed by atoms with Crippen molar-refractivity contribution in [3.8, 4) is 11.5 Å². The maximum Gasteiger partial charge on any atom is 0.279 e. The summed E-state index contributed by atoms with van der Waals surface area (Å²) in [6, 6.07) is 10.9. The van der Waals surface area contributed by atoms with E-state index in [1.807, 2.05) is 45.0 Å². The zero-order valence-electron chi connectivity index (χ0n) is 15.7. The first-order valence-electron chi connectivity index (χ1n) is 8.31. The number of methoxy groups -OCH3 is 1. The van der Waals surface area contributed by atoms with E-state index in [2.05, 4.69) is 10.9 Å². The van der Waals surface area contributed by atoms with Gasteiger partial charge in [-0.2, -0.15) is 0 Å². The van der Waals surface area contributed by atoms with E-state index in [1.54, 1.807) is 19.1 Å². The predicted molar refractivity (Wildman–Crippen MR) is 99.3 cm³/mol. The highest BCUT2D eigenvalue weighted by molar-refractivity contribution is 5.98. The highest BCUT2D eigenvalue weighted by atomic mass is 16.5. The lowest BCUT2D eigenvalue weighted by Crippen LogP contribution is -2.47. The van der Waals surface area contributed by atoms with Gasteiger partial charge in [0.05, 0.1) is 12.7 Å². The van der Waals surface area contributed by atoms with Crippen LogP contribution in [0.25, 0.3) is 0 Å². The van der Waals surface area contributed by atoms with E-state index < -0.39 is 17.9 Å². The molecule has 2 amide bonds. The minimum absolute atomic E-state index is 0.343. The fourth-order valence-electron chi connectivity index (χ4n) is 2.38. The largest absolute Gasteiger partial charge is 0.496 e. The van der Waals surface area contributed by atoms with Crippen molar-refractivity contribution in [2.24, 2.45) is 0 Å². The maximum absolute atomic E-state index is 12.3. The van der Waals surface area contributed by atoms with Crippen LogP contribution in [0.5, 0.6) is 11.5 Å². The molecule has 0 saturated heterocycles. The Morgan fingerprint density at radius 1 is 1.00 bits per heavy atom. The number of carbonyl (C=O) groups is 2. The number of carbonyl (C=O) groups excluding carboxylic acids is 2. The van der Waals surface area contributed by atoms with Crippen LogP contribution in [0.15, 0.2) is 36.4 Å². The van der Waals surface area contributed by atoms with Crippen LogP contribution in [0.2, 0.25) is 0 Å². The second-order valence-electron chi connectivity index (χ2n) is 6.11. The van der Waals surface area contributed by atoms with E-state index in [9.17, 15) is 9.59 Å². The number of benzene rings is 2. The Bertz CT molecular complexity index is 817. The van der Waals surface area contributed by atoms with Crippen LogP contribution in [-0.4, -0.2) is 25.0 Å². The first-order valence-corrected chi connectivity index (χ1v) is 8.31. The fourth-order valence-corrected chi connectivity index (χ4v) is 2.38. The van der Waals surface area contributed by atoms with Crippen molar-refractivity contribution in [2.75, 3.05) is 7.11 Å². The molecule has 0 aliphatic heterocycles. The molecule has 0 saturated carbocycles. The van der Waals surface area contributed by atoms with Gasteiger partial charge in [0.1, 0.15) is 11.5 Å². The summed E-state index contributed by atoms with van der Waals surface area (Å²) in [7, 11) is 1.49. The topological polar surface area (TPSA) is 76.7 Å². The lowest BCUT2D eigenvalue weighted by atomic mass is 10.1. The molecule has 2 aromatic rings. The summed E-state index contributed by atoms with van der Waals surface area (Å²) in [6.45, 7) is 7.40. The minimum Gasteiger partial charge on any atom is -0.496 e.